The standard InChI is InChI=1S/C14H16N2OS/c1-14(2,3)12-7-6-10(9-15-12)16-13(17)11-5-4-8-18-11/h4-9H,1-3H3,(H,16,17). The zero-order chi connectivity index (χ0) is 13.2. The van der Waals surface area contributed by atoms with Crippen molar-refractivity contribution in [1.82, 2.24) is 4.98 Å². The second-order valence-corrected chi connectivity index (χ2v) is 6.06. The quantitative estimate of drug-likeness (QED) is 0.894. The first-order valence-corrected chi connectivity index (χ1v) is 6.66. The number of aromatic nitrogens is 1. The molecular formula is C14H16N2OS. The molecule has 0 atom stereocenters. The molecule has 0 fully saturated rings. The highest BCUT2D eigenvalue weighted by molar-refractivity contribution is 7.12. The Morgan fingerprint density at radius 1 is 1.28 bits per heavy atom. The molecule has 1 amide bonds. The number of nitrogens with one attached hydrogen (secondary N) is 1. The highest BCUT2D eigenvalue weighted by atomic mass is 32.1. The number of thiophene rings is 1. The van der Waals surface area contributed by atoms with Crippen LogP contribution in [0.15, 0.2) is 35.8 Å². The van der Waals surface area contributed by atoms with Gasteiger partial charge in [0, 0.05) is 11.1 Å². The summed E-state index contributed by atoms with van der Waals surface area (Å²) in [5, 5.41) is 4.72. The first-order valence-electron chi connectivity index (χ1n) is 5.78. The van der Waals surface area contributed by atoms with E-state index in [1.54, 1.807) is 12.3 Å². The zero-order valence-electron chi connectivity index (χ0n) is 10.7. The maximum absolute atomic E-state index is 11.8. The zero-order valence-corrected chi connectivity index (χ0v) is 11.5. The van der Waals surface area contributed by atoms with E-state index in [0.29, 0.717) is 4.88 Å². The molecule has 2 rings (SSSR count). The van der Waals surface area contributed by atoms with E-state index in [9.17, 15) is 4.79 Å². The Kier molecular flexibility index (Phi) is 3.48. The van der Waals surface area contributed by atoms with E-state index in [4.69, 9.17) is 0 Å². The minimum atomic E-state index is -0.0877. The van der Waals surface area contributed by atoms with Crippen LogP contribution in [0.1, 0.15) is 36.1 Å². The van der Waals surface area contributed by atoms with Crippen molar-refractivity contribution in [2.24, 2.45) is 0 Å². The molecule has 0 saturated heterocycles. The third-order valence-corrected chi connectivity index (χ3v) is 3.40. The average molecular weight is 260 g/mol. The molecule has 0 aliphatic rings. The van der Waals surface area contributed by atoms with Crippen molar-refractivity contribution in [2.45, 2.75) is 26.2 Å². The van der Waals surface area contributed by atoms with E-state index < -0.39 is 0 Å². The van der Waals surface area contributed by atoms with Gasteiger partial charge >= 0.3 is 0 Å². The number of hydrogen-bond acceptors (Lipinski definition) is 3. The lowest BCUT2D eigenvalue weighted by molar-refractivity contribution is 0.103. The number of carbonyl (C=O) groups is 1. The van der Waals surface area contributed by atoms with E-state index in [2.05, 4.69) is 31.1 Å². The topological polar surface area (TPSA) is 42.0 Å². The van der Waals surface area contributed by atoms with Crippen molar-refractivity contribution in [3.05, 3.63) is 46.4 Å². The van der Waals surface area contributed by atoms with Crippen LogP contribution in [0.3, 0.4) is 0 Å². The van der Waals surface area contributed by atoms with Crippen LogP contribution in [-0.2, 0) is 5.41 Å². The monoisotopic (exact) mass is 260 g/mol. The van der Waals surface area contributed by atoms with E-state index >= 15 is 0 Å². The fraction of sp³-hybridized carbons (Fsp3) is 0.286. The minimum Gasteiger partial charge on any atom is -0.320 e. The normalized spacial score (nSPS) is 11.3. The number of hydrogen-bond donors (Lipinski definition) is 1. The smallest absolute Gasteiger partial charge is 0.265 e. The molecule has 4 heteroatoms. The van der Waals surface area contributed by atoms with Crippen LogP contribution < -0.4 is 5.32 Å². The Balaban J connectivity index is 2.09. The van der Waals surface area contributed by atoms with Crippen LogP contribution >= 0.6 is 11.3 Å². The van der Waals surface area contributed by atoms with Crippen molar-refractivity contribution >= 4 is 22.9 Å². The maximum Gasteiger partial charge on any atom is 0.265 e. The van der Waals surface area contributed by atoms with Gasteiger partial charge in [0.15, 0.2) is 0 Å². The summed E-state index contributed by atoms with van der Waals surface area (Å²) in [6.45, 7) is 6.33. The van der Waals surface area contributed by atoms with Crippen LogP contribution in [-0.4, -0.2) is 10.9 Å². The summed E-state index contributed by atoms with van der Waals surface area (Å²) < 4.78 is 0. The van der Waals surface area contributed by atoms with Gasteiger partial charge in [-0.15, -0.1) is 11.3 Å². The first-order chi connectivity index (χ1) is 8.47. The number of nitrogens with zero attached hydrogens (tertiary/aromatic N) is 1. The molecule has 2 aromatic rings. The van der Waals surface area contributed by atoms with Crippen molar-refractivity contribution in [1.29, 1.82) is 0 Å². The van der Waals surface area contributed by atoms with Crippen LogP contribution in [0.5, 0.6) is 0 Å². The van der Waals surface area contributed by atoms with Crippen LogP contribution in [0.4, 0.5) is 5.69 Å². The molecule has 0 saturated carbocycles. The molecule has 0 aromatic carbocycles. The van der Waals surface area contributed by atoms with Gasteiger partial charge in [-0.1, -0.05) is 26.8 Å². The predicted molar refractivity (Wildman–Crippen MR) is 75.2 cm³/mol. The minimum absolute atomic E-state index is 0.0241. The number of rotatable bonds is 2. The molecule has 0 aliphatic heterocycles. The van der Waals surface area contributed by atoms with Gasteiger partial charge in [-0.3, -0.25) is 9.78 Å². The SMILES string of the molecule is CC(C)(C)c1ccc(NC(=O)c2cccs2)cn1. The summed E-state index contributed by atoms with van der Waals surface area (Å²) in [6, 6.07) is 7.50. The summed E-state index contributed by atoms with van der Waals surface area (Å²) in [5.41, 5.74) is 1.76. The first kappa shape index (κ1) is 12.8. The van der Waals surface area contributed by atoms with Crippen LogP contribution in [0, 0.1) is 0 Å². The Morgan fingerprint density at radius 2 is 2.06 bits per heavy atom. The molecule has 2 heterocycles. The van der Waals surface area contributed by atoms with Crippen molar-refractivity contribution in [3.8, 4) is 0 Å². The van der Waals surface area contributed by atoms with Gasteiger partial charge in [0.2, 0.25) is 0 Å². The Bertz CT molecular complexity index is 524. The molecule has 0 radical (unpaired) electrons. The van der Waals surface area contributed by atoms with Gasteiger partial charge in [0.25, 0.3) is 5.91 Å². The number of anilines is 1. The molecule has 2 aromatic heterocycles. The fourth-order valence-corrected chi connectivity index (χ4v) is 2.13. The third-order valence-electron chi connectivity index (χ3n) is 2.53. The van der Waals surface area contributed by atoms with Gasteiger partial charge in [0.05, 0.1) is 16.8 Å². The molecule has 3 nitrogen and oxygen atoms in total. The lowest BCUT2D eigenvalue weighted by Crippen LogP contribution is -2.14. The van der Waals surface area contributed by atoms with Crippen molar-refractivity contribution < 1.29 is 4.79 Å². The summed E-state index contributed by atoms with van der Waals surface area (Å²) in [6.07, 6.45) is 1.70. The average Bonchev–Trinajstić information content (AvgIpc) is 2.82. The molecule has 0 unspecified atom stereocenters. The summed E-state index contributed by atoms with van der Waals surface area (Å²) in [7, 11) is 0. The fourth-order valence-electron chi connectivity index (χ4n) is 1.51. The summed E-state index contributed by atoms with van der Waals surface area (Å²) >= 11 is 1.43. The van der Waals surface area contributed by atoms with E-state index in [-0.39, 0.29) is 11.3 Å². The number of pyridine rings is 1. The Morgan fingerprint density at radius 3 is 2.56 bits per heavy atom. The van der Waals surface area contributed by atoms with Gasteiger partial charge in [-0.2, -0.15) is 0 Å². The van der Waals surface area contributed by atoms with E-state index in [1.165, 1.54) is 11.3 Å². The second kappa shape index (κ2) is 4.90. The van der Waals surface area contributed by atoms with Crippen LogP contribution in [0.25, 0.3) is 0 Å². The molecular weight excluding hydrogens is 244 g/mol. The summed E-state index contributed by atoms with van der Waals surface area (Å²) in [4.78, 5) is 16.9. The van der Waals surface area contributed by atoms with Crippen molar-refractivity contribution in [3.63, 3.8) is 0 Å². The van der Waals surface area contributed by atoms with Gasteiger partial charge < -0.3 is 5.32 Å². The second-order valence-electron chi connectivity index (χ2n) is 5.11. The van der Waals surface area contributed by atoms with Crippen molar-refractivity contribution in [2.75, 3.05) is 5.32 Å². The highest BCUT2D eigenvalue weighted by Gasteiger charge is 2.15. The van der Waals surface area contributed by atoms with Crippen LogP contribution in [0.2, 0.25) is 0 Å². The van der Waals surface area contributed by atoms with E-state index in [1.807, 2.05) is 23.6 Å². The maximum atomic E-state index is 11.8. The number of amides is 1. The molecule has 0 aliphatic carbocycles. The molecule has 94 valence electrons. The van der Waals surface area contributed by atoms with E-state index in [0.717, 1.165) is 11.4 Å². The molecule has 1 N–H and O–H groups in total. The predicted octanol–water partition coefficient (Wildman–Crippen LogP) is 3.69. The summed E-state index contributed by atoms with van der Waals surface area (Å²) in [5.74, 6) is -0.0877. The van der Waals surface area contributed by atoms with Gasteiger partial charge in [-0.25, -0.2) is 0 Å². The highest BCUT2D eigenvalue weighted by Crippen LogP contribution is 2.21. The Hall–Kier alpha value is -1.68. The van der Waals surface area contributed by atoms with Gasteiger partial charge in [-0.05, 0) is 23.6 Å². The lowest BCUT2D eigenvalue weighted by atomic mass is 9.92. The molecule has 0 bridgehead atoms. The molecule has 0 spiro atoms. The number of carbonyl (C=O) groups excluding carboxylic acids is 1. The lowest BCUT2D eigenvalue weighted by Gasteiger charge is -2.17. The molecule has 18 heavy (non-hydrogen) atoms. The third kappa shape index (κ3) is 2.96. The Labute approximate surface area is 111 Å². The largest absolute Gasteiger partial charge is 0.320 e. The van der Waals surface area contributed by atoms with Gasteiger partial charge in [0.1, 0.15) is 0 Å².